The number of hydrogen-bond donors (Lipinski definition) is 0. The molecule has 0 bridgehead atoms. The van der Waals surface area contributed by atoms with Gasteiger partial charge in [-0.25, -0.2) is 4.79 Å². The second-order valence-electron chi connectivity index (χ2n) is 14.6. The maximum atomic E-state index is 13.4. The zero-order valence-corrected chi connectivity index (χ0v) is 25.8. The minimum absolute atomic E-state index is 0.0738. The highest BCUT2D eigenvalue weighted by molar-refractivity contribution is 5.89. The van der Waals surface area contributed by atoms with Gasteiger partial charge in [-0.1, -0.05) is 77.7 Å². The summed E-state index contributed by atoms with van der Waals surface area (Å²) in [6, 6.07) is 9.45. The van der Waals surface area contributed by atoms with Crippen molar-refractivity contribution in [3.8, 4) is 0 Å². The SMILES string of the molecule is CC(=O)O[C@@H]1CC[C@]2(C)C(=C[C@@H](OC(=O)c3ccccc3)[C@H]3[C@H]4CC[C@@H]([C@@H](C)CCCC(C)C)[C@@]4(C)CC[C@@H]32)C1. The highest BCUT2D eigenvalue weighted by Gasteiger charge is 2.62. The van der Waals surface area contributed by atoms with Gasteiger partial charge in [0.25, 0.3) is 0 Å². The summed E-state index contributed by atoms with van der Waals surface area (Å²) < 4.78 is 12.2. The molecule has 0 radical (unpaired) electrons. The van der Waals surface area contributed by atoms with E-state index in [2.05, 4.69) is 40.7 Å². The molecule has 9 atom stereocenters. The molecule has 0 aromatic heterocycles. The lowest BCUT2D eigenvalue weighted by Crippen LogP contribution is -2.55. The first-order valence-electron chi connectivity index (χ1n) is 16.2. The van der Waals surface area contributed by atoms with E-state index in [1.165, 1.54) is 57.4 Å². The minimum atomic E-state index is -0.225. The molecule has 4 aliphatic carbocycles. The van der Waals surface area contributed by atoms with Crippen LogP contribution >= 0.6 is 0 Å². The van der Waals surface area contributed by atoms with Gasteiger partial charge in [0.15, 0.2) is 0 Å². The van der Waals surface area contributed by atoms with Crippen LogP contribution in [0.5, 0.6) is 0 Å². The lowest BCUT2D eigenvalue weighted by atomic mass is 9.46. The quantitative estimate of drug-likeness (QED) is 0.241. The van der Waals surface area contributed by atoms with Gasteiger partial charge in [-0.15, -0.1) is 0 Å². The lowest BCUT2D eigenvalue weighted by Gasteiger charge is -2.59. The monoisotopic (exact) mass is 548 g/mol. The predicted molar refractivity (Wildman–Crippen MR) is 160 cm³/mol. The summed E-state index contributed by atoms with van der Waals surface area (Å²) in [5.41, 5.74) is 2.34. The van der Waals surface area contributed by atoms with Crippen LogP contribution in [0.2, 0.25) is 0 Å². The molecule has 0 amide bonds. The normalized spacial score (nSPS) is 37.5. The van der Waals surface area contributed by atoms with Crippen molar-refractivity contribution in [2.75, 3.05) is 0 Å². The zero-order valence-electron chi connectivity index (χ0n) is 25.8. The van der Waals surface area contributed by atoms with E-state index in [1.54, 1.807) is 0 Å². The summed E-state index contributed by atoms with van der Waals surface area (Å²) in [7, 11) is 0. The van der Waals surface area contributed by atoms with Crippen molar-refractivity contribution < 1.29 is 19.1 Å². The van der Waals surface area contributed by atoms with E-state index >= 15 is 0 Å². The van der Waals surface area contributed by atoms with Crippen LogP contribution < -0.4 is 0 Å². The molecular formula is C36H52O4. The molecule has 5 rings (SSSR count). The molecule has 4 aliphatic rings. The van der Waals surface area contributed by atoms with Crippen LogP contribution in [0.4, 0.5) is 0 Å². The van der Waals surface area contributed by atoms with E-state index in [1.807, 2.05) is 30.3 Å². The standard InChI is InChI=1S/C36H52O4/c1-23(2)11-10-12-24(3)29-15-16-30-33-31(18-20-36(29,30)6)35(5)19-17-28(39-25(4)37)21-27(35)22-32(33)40-34(38)26-13-8-7-9-14-26/h7-9,13-14,22-24,28-33H,10-12,15-21H2,1-6H3/t24-,28+,29-,30+,31-,32+,33-,35+,36+/m0/s1. The van der Waals surface area contributed by atoms with Gasteiger partial charge in [0.05, 0.1) is 5.56 Å². The third-order valence-corrected chi connectivity index (χ3v) is 11.8. The maximum Gasteiger partial charge on any atom is 0.338 e. The molecule has 1 aromatic rings. The summed E-state index contributed by atoms with van der Waals surface area (Å²) in [6.45, 7) is 13.7. The molecule has 0 unspecified atom stereocenters. The van der Waals surface area contributed by atoms with Gasteiger partial charge in [0.2, 0.25) is 0 Å². The summed E-state index contributed by atoms with van der Waals surface area (Å²) >= 11 is 0. The van der Waals surface area contributed by atoms with Crippen molar-refractivity contribution in [2.24, 2.45) is 46.3 Å². The van der Waals surface area contributed by atoms with E-state index in [4.69, 9.17) is 9.47 Å². The van der Waals surface area contributed by atoms with Crippen LogP contribution in [0.25, 0.3) is 0 Å². The van der Waals surface area contributed by atoms with Crippen molar-refractivity contribution in [2.45, 2.75) is 118 Å². The van der Waals surface area contributed by atoms with Gasteiger partial charge >= 0.3 is 11.9 Å². The molecule has 3 saturated carbocycles. The van der Waals surface area contributed by atoms with Crippen molar-refractivity contribution in [3.05, 3.63) is 47.5 Å². The molecule has 0 N–H and O–H groups in total. The smallest absolute Gasteiger partial charge is 0.338 e. The number of fused-ring (bicyclic) bond motifs is 5. The number of benzene rings is 1. The largest absolute Gasteiger partial charge is 0.462 e. The Bertz CT molecular complexity index is 1090. The first kappa shape index (κ1) is 29.4. The second kappa shape index (κ2) is 11.6. The Morgan fingerprint density at radius 3 is 2.38 bits per heavy atom. The van der Waals surface area contributed by atoms with Crippen molar-refractivity contribution in [1.29, 1.82) is 0 Å². The molecule has 0 saturated heterocycles. The van der Waals surface area contributed by atoms with Crippen LogP contribution in [0.1, 0.15) is 116 Å². The van der Waals surface area contributed by atoms with Crippen molar-refractivity contribution >= 4 is 11.9 Å². The number of rotatable bonds is 8. The minimum Gasteiger partial charge on any atom is -0.462 e. The maximum absolute atomic E-state index is 13.4. The average molecular weight is 549 g/mol. The van der Waals surface area contributed by atoms with Crippen LogP contribution in [-0.2, 0) is 14.3 Å². The van der Waals surface area contributed by atoms with Crippen molar-refractivity contribution in [1.82, 2.24) is 0 Å². The summed E-state index contributed by atoms with van der Waals surface area (Å²) in [6.07, 6.45) is 13.7. The molecule has 1 aromatic carbocycles. The number of carbonyl (C=O) groups excluding carboxylic acids is 2. The topological polar surface area (TPSA) is 52.6 Å². The van der Waals surface area contributed by atoms with Crippen LogP contribution in [-0.4, -0.2) is 24.1 Å². The van der Waals surface area contributed by atoms with Gasteiger partial charge in [-0.05, 0) is 97.2 Å². The summed E-state index contributed by atoms with van der Waals surface area (Å²) in [4.78, 5) is 25.2. The molecular weight excluding hydrogens is 496 g/mol. The first-order valence-corrected chi connectivity index (χ1v) is 16.2. The summed E-state index contributed by atoms with van der Waals surface area (Å²) in [5.74, 6) is 3.23. The van der Waals surface area contributed by atoms with Crippen LogP contribution in [0.3, 0.4) is 0 Å². The number of esters is 2. The third-order valence-electron chi connectivity index (χ3n) is 11.8. The van der Waals surface area contributed by atoms with Crippen LogP contribution in [0.15, 0.2) is 42.0 Å². The number of ether oxygens (including phenoxy) is 2. The second-order valence-corrected chi connectivity index (χ2v) is 14.6. The molecule has 220 valence electrons. The Morgan fingerprint density at radius 2 is 1.68 bits per heavy atom. The fourth-order valence-corrected chi connectivity index (χ4v) is 9.83. The Hall–Kier alpha value is -2.10. The Balaban J connectivity index is 1.45. The van der Waals surface area contributed by atoms with Gasteiger partial charge in [-0.3, -0.25) is 4.79 Å². The fourth-order valence-electron chi connectivity index (χ4n) is 9.83. The van der Waals surface area contributed by atoms with Gasteiger partial charge in [0, 0.05) is 19.3 Å². The lowest BCUT2D eigenvalue weighted by molar-refractivity contribution is -0.149. The highest BCUT2D eigenvalue weighted by Crippen LogP contribution is 2.67. The number of hydrogen-bond acceptors (Lipinski definition) is 4. The fraction of sp³-hybridized carbons (Fsp3) is 0.722. The van der Waals surface area contributed by atoms with E-state index < -0.39 is 0 Å². The first-order chi connectivity index (χ1) is 19.0. The van der Waals surface area contributed by atoms with Gasteiger partial charge in [-0.2, -0.15) is 0 Å². The van der Waals surface area contributed by atoms with E-state index in [0.29, 0.717) is 28.7 Å². The molecule has 40 heavy (non-hydrogen) atoms. The van der Waals surface area contributed by atoms with Crippen molar-refractivity contribution in [3.63, 3.8) is 0 Å². The molecule has 4 nitrogen and oxygen atoms in total. The number of carbonyl (C=O) groups is 2. The van der Waals surface area contributed by atoms with Gasteiger partial charge < -0.3 is 9.47 Å². The molecule has 0 aliphatic heterocycles. The molecule has 0 heterocycles. The highest BCUT2D eigenvalue weighted by atomic mass is 16.5. The van der Waals surface area contributed by atoms with Gasteiger partial charge in [0.1, 0.15) is 12.2 Å². The zero-order chi connectivity index (χ0) is 28.7. The Labute approximate surface area is 242 Å². The van der Waals surface area contributed by atoms with E-state index in [-0.39, 0.29) is 29.6 Å². The summed E-state index contributed by atoms with van der Waals surface area (Å²) in [5, 5.41) is 0. The Morgan fingerprint density at radius 1 is 0.925 bits per heavy atom. The van der Waals surface area contributed by atoms with E-state index in [0.717, 1.165) is 37.0 Å². The average Bonchev–Trinajstić information content (AvgIpc) is 3.26. The molecule has 0 spiro atoms. The predicted octanol–water partition coefficient (Wildman–Crippen LogP) is 8.80. The van der Waals surface area contributed by atoms with Crippen LogP contribution in [0, 0.1) is 46.3 Å². The third kappa shape index (κ3) is 5.53. The molecule has 4 heteroatoms. The molecule has 3 fully saturated rings. The Kier molecular flexibility index (Phi) is 8.56. The van der Waals surface area contributed by atoms with E-state index in [9.17, 15) is 9.59 Å².